The summed E-state index contributed by atoms with van der Waals surface area (Å²) in [6.07, 6.45) is 2.77. The lowest BCUT2D eigenvalue weighted by atomic mass is 9.86. The summed E-state index contributed by atoms with van der Waals surface area (Å²) in [7, 11) is 0. The van der Waals surface area contributed by atoms with Crippen LogP contribution in [-0.2, 0) is 10.9 Å². The Morgan fingerprint density at radius 1 is 1.15 bits per heavy atom. The molecule has 0 bridgehead atoms. The smallest absolute Gasteiger partial charge is 0.419 e. The van der Waals surface area contributed by atoms with Gasteiger partial charge in [-0.3, -0.25) is 4.68 Å². The molecule has 0 radical (unpaired) electrons. The number of ether oxygens (including phenoxy) is 1. The second-order valence-corrected chi connectivity index (χ2v) is 9.58. The van der Waals surface area contributed by atoms with Gasteiger partial charge in [-0.25, -0.2) is 9.48 Å². The summed E-state index contributed by atoms with van der Waals surface area (Å²) in [6.45, 7) is 6.10. The number of amides is 1. The van der Waals surface area contributed by atoms with Crippen LogP contribution in [0.5, 0.6) is 0 Å². The van der Waals surface area contributed by atoms with Crippen LogP contribution < -0.4 is 5.32 Å². The summed E-state index contributed by atoms with van der Waals surface area (Å²) in [5, 5.41) is 12.3. The van der Waals surface area contributed by atoms with E-state index in [9.17, 15) is 18.0 Å². The van der Waals surface area contributed by atoms with E-state index in [0.29, 0.717) is 23.7 Å². The fourth-order valence-electron chi connectivity index (χ4n) is 4.12. The average molecular weight is 464 g/mol. The highest BCUT2D eigenvalue weighted by atomic mass is 19.4. The molecule has 0 saturated heterocycles. The van der Waals surface area contributed by atoms with Crippen molar-refractivity contribution in [3.8, 4) is 5.69 Å². The Labute approximate surface area is 189 Å². The summed E-state index contributed by atoms with van der Waals surface area (Å²) >= 11 is 0. The van der Waals surface area contributed by atoms with Crippen molar-refractivity contribution in [1.29, 1.82) is 0 Å². The van der Waals surface area contributed by atoms with Crippen LogP contribution in [0.3, 0.4) is 0 Å². The number of fused-ring (bicyclic) bond motifs is 1. The van der Waals surface area contributed by atoms with Crippen LogP contribution in [0.2, 0.25) is 0 Å². The molecule has 1 aromatic carbocycles. The first-order valence-corrected chi connectivity index (χ1v) is 11.1. The topological polar surface area (TPSA) is 74.0 Å². The largest absolute Gasteiger partial charge is 0.444 e. The number of nitrogens with zero attached hydrogens (tertiary/aromatic N) is 4. The molecule has 10 heteroatoms. The van der Waals surface area contributed by atoms with Crippen molar-refractivity contribution in [3.05, 3.63) is 42.4 Å². The fraction of sp³-hybridized carbons (Fsp3) is 0.522. The van der Waals surface area contributed by atoms with Crippen LogP contribution in [0.4, 0.5) is 18.0 Å². The Morgan fingerprint density at radius 2 is 1.88 bits per heavy atom. The van der Waals surface area contributed by atoms with Gasteiger partial charge in [-0.1, -0.05) is 0 Å². The standard InChI is InChI=1S/C23H28F3N5O2/c1-22(2,3)33-21(32)27-11-15-4-7-18(8-5-15)31-13-16-6-9-19(10-20(16)29-31)30-14-17(12-28-30)23(24,25)26/h6,9-10,12-15,18H,4-5,7-8,11H2,1-3H3,(H,27,32)/t15-,18-. The van der Waals surface area contributed by atoms with Gasteiger partial charge in [0.2, 0.25) is 0 Å². The van der Waals surface area contributed by atoms with Crippen molar-refractivity contribution in [1.82, 2.24) is 24.9 Å². The van der Waals surface area contributed by atoms with Gasteiger partial charge in [0.05, 0.1) is 29.0 Å². The first-order valence-electron chi connectivity index (χ1n) is 11.1. The van der Waals surface area contributed by atoms with E-state index in [2.05, 4.69) is 15.5 Å². The highest BCUT2D eigenvalue weighted by Gasteiger charge is 2.32. The van der Waals surface area contributed by atoms with Crippen molar-refractivity contribution in [2.75, 3.05) is 6.54 Å². The number of nitrogens with one attached hydrogen (secondary N) is 1. The third-order valence-corrected chi connectivity index (χ3v) is 5.81. The molecule has 7 nitrogen and oxygen atoms in total. The maximum atomic E-state index is 12.9. The predicted octanol–water partition coefficient (Wildman–Crippen LogP) is 5.50. The molecule has 2 aromatic heterocycles. The summed E-state index contributed by atoms with van der Waals surface area (Å²) in [5.74, 6) is 0.396. The number of halogens is 3. The van der Waals surface area contributed by atoms with E-state index in [1.165, 1.54) is 4.68 Å². The molecule has 33 heavy (non-hydrogen) atoms. The number of alkyl carbamates (subject to hydrolysis) is 1. The number of aromatic nitrogens is 4. The zero-order valence-electron chi connectivity index (χ0n) is 18.9. The van der Waals surface area contributed by atoms with Crippen LogP contribution in [0.15, 0.2) is 36.8 Å². The maximum absolute atomic E-state index is 12.9. The van der Waals surface area contributed by atoms with Gasteiger partial charge in [0.25, 0.3) is 0 Å². The van der Waals surface area contributed by atoms with Gasteiger partial charge in [0, 0.05) is 24.3 Å². The average Bonchev–Trinajstić information content (AvgIpc) is 3.38. The Balaban J connectivity index is 1.37. The van der Waals surface area contributed by atoms with Crippen molar-refractivity contribution in [3.63, 3.8) is 0 Å². The number of hydrogen-bond donors (Lipinski definition) is 1. The zero-order chi connectivity index (χ0) is 23.8. The maximum Gasteiger partial charge on any atom is 0.419 e. The van der Waals surface area contributed by atoms with E-state index in [0.717, 1.165) is 43.5 Å². The number of alkyl halides is 3. The lowest BCUT2D eigenvalue weighted by Gasteiger charge is -2.29. The SMILES string of the molecule is CC(C)(C)OC(=O)NC[C@H]1CC[C@H](n2cc3ccc(-n4cc(C(F)(F)F)cn4)cc3n2)CC1. The molecule has 1 N–H and O–H groups in total. The van der Waals surface area contributed by atoms with Crippen molar-refractivity contribution < 1.29 is 22.7 Å². The second kappa shape index (κ2) is 8.72. The number of benzene rings is 1. The highest BCUT2D eigenvalue weighted by molar-refractivity contribution is 5.80. The highest BCUT2D eigenvalue weighted by Crippen LogP contribution is 2.33. The molecule has 0 aliphatic heterocycles. The summed E-state index contributed by atoms with van der Waals surface area (Å²) in [4.78, 5) is 11.9. The van der Waals surface area contributed by atoms with E-state index in [-0.39, 0.29) is 6.04 Å². The molecule has 1 aliphatic carbocycles. The summed E-state index contributed by atoms with van der Waals surface area (Å²) in [6, 6.07) is 5.58. The summed E-state index contributed by atoms with van der Waals surface area (Å²) < 4.78 is 47.0. The minimum Gasteiger partial charge on any atom is -0.444 e. The number of hydrogen-bond acceptors (Lipinski definition) is 4. The molecule has 1 fully saturated rings. The van der Waals surface area contributed by atoms with Gasteiger partial charge in [-0.05, 0) is 70.6 Å². The van der Waals surface area contributed by atoms with E-state index in [4.69, 9.17) is 4.74 Å². The Bertz CT molecular complexity index is 1120. The molecular formula is C23H28F3N5O2. The molecule has 1 amide bonds. The minimum atomic E-state index is -4.43. The van der Waals surface area contributed by atoms with E-state index >= 15 is 0 Å². The molecule has 0 spiro atoms. The molecule has 0 unspecified atom stereocenters. The molecule has 1 saturated carbocycles. The molecule has 1 aliphatic rings. The van der Waals surface area contributed by atoms with Crippen LogP contribution in [0.25, 0.3) is 16.6 Å². The van der Waals surface area contributed by atoms with Gasteiger partial charge >= 0.3 is 12.3 Å². The third-order valence-electron chi connectivity index (χ3n) is 5.81. The molecule has 178 valence electrons. The Morgan fingerprint density at radius 3 is 2.52 bits per heavy atom. The second-order valence-electron chi connectivity index (χ2n) is 9.58. The molecule has 4 rings (SSSR count). The van der Waals surface area contributed by atoms with Gasteiger partial charge in [0.1, 0.15) is 5.60 Å². The van der Waals surface area contributed by atoms with Gasteiger partial charge in [0.15, 0.2) is 0 Å². The molecule has 2 heterocycles. The summed E-state index contributed by atoms with van der Waals surface area (Å²) in [5.41, 5.74) is -0.0571. The van der Waals surface area contributed by atoms with E-state index < -0.39 is 23.4 Å². The monoisotopic (exact) mass is 463 g/mol. The number of carbonyl (C=O) groups is 1. The minimum absolute atomic E-state index is 0.250. The molecular weight excluding hydrogens is 435 g/mol. The van der Waals surface area contributed by atoms with Crippen LogP contribution in [0, 0.1) is 5.92 Å². The lowest BCUT2D eigenvalue weighted by Crippen LogP contribution is -2.36. The first-order chi connectivity index (χ1) is 15.5. The zero-order valence-corrected chi connectivity index (χ0v) is 18.9. The van der Waals surface area contributed by atoms with Crippen LogP contribution in [0.1, 0.15) is 58.1 Å². The van der Waals surface area contributed by atoms with Crippen molar-refractivity contribution >= 4 is 17.0 Å². The van der Waals surface area contributed by atoms with Gasteiger partial charge in [-0.15, -0.1) is 0 Å². The molecule has 0 atom stereocenters. The van der Waals surface area contributed by atoms with Gasteiger partial charge in [-0.2, -0.15) is 23.4 Å². The lowest BCUT2D eigenvalue weighted by molar-refractivity contribution is -0.137. The van der Waals surface area contributed by atoms with E-state index in [1.807, 2.05) is 37.7 Å². The normalized spacial score (nSPS) is 19.6. The number of rotatable bonds is 4. The third kappa shape index (κ3) is 5.66. The van der Waals surface area contributed by atoms with Crippen LogP contribution >= 0.6 is 0 Å². The Kier molecular flexibility index (Phi) is 6.11. The van der Waals surface area contributed by atoms with Crippen molar-refractivity contribution in [2.45, 2.75) is 64.3 Å². The predicted molar refractivity (Wildman–Crippen MR) is 117 cm³/mol. The Hall–Kier alpha value is -3.04. The molecule has 3 aromatic rings. The fourth-order valence-corrected chi connectivity index (χ4v) is 4.12. The first kappa shape index (κ1) is 23.1. The number of carbonyl (C=O) groups excluding carboxylic acids is 1. The quantitative estimate of drug-likeness (QED) is 0.555. The van der Waals surface area contributed by atoms with Crippen LogP contribution in [-0.4, -0.2) is 37.8 Å². The van der Waals surface area contributed by atoms with Crippen molar-refractivity contribution in [2.24, 2.45) is 5.92 Å². The van der Waals surface area contributed by atoms with Gasteiger partial charge < -0.3 is 10.1 Å². The van der Waals surface area contributed by atoms with E-state index in [1.54, 1.807) is 12.1 Å².